The molecule has 14 heavy (non-hydrogen) atoms. The van der Waals surface area contributed by atoms with Gasteiger partial charge in [0.25, 0.3) is 0 Å². The number of carbonyl (C=O) groups is 2. The molecule has 1 heterocycles. The highest BCUT2D eigenvalue weighted by molar-refractivity contribution is 5.78. The molecule has 1 rings (SSSR count). The predicted octanol–water partition coefficient (Wildman–Crippen LogP) is -0.157. The van der Waals surface area contributed by atoms with E-state index in [2.05, 4.69) is 10.1 Å². The fraction of sp³-hybridized carbons (Fsp3) is 0.778. The molecular weight excluding hydrogens is 186 g/mol. The van der Waals surface area contributed by atoms with Gasteiger partial charge in [-0.25, -0.2) is 4.79 Å². The van der Waals surface area contributed by atoms with E-state index in [0.29, 0.717) is 13.0 Å². The summed E-state index contributed by atoms with van der Waals surface area (Å²) in [6.45, 7) is 1.99. The summed E-state index contributed by atoms with van der Waals surface area (Å²) in [5.41, 5.74) is 0. The Morgan fingerprint density at radius 1 is 1.71 bits per heavy atom. The molecule has 1 saturated heterocycles. The SMILES string of the molecule is COC(=O)[C@H](C)OCC1CCC(=O)N1. The Kier molecular flexibility index (Phi) is 3.88. The van der Waals surface area contributed by atoms with Crippen molar-refractivity contribution in [1.29, 1.82) is 0 Å². The number of hydrogen-bond donors (Lipinski definition) is 1. The summed E-state index contributed by atoms with van der Waals surface area (Å²) in [6, 6.07) is 0.0367. The number of esters is 1. The highest BCUT2D eigenvalue weighted by Crippen LogP contribution is 2.07. The van der Waals surface area contributed by atoms with Gasteiger partial charge >= 0.3 is 5.97 Å². The van der Waals surface area contributed by atoms with Gasteiger partial charge in [0.2, 0.25) is 5.91 Å². The van der Waals surface area contributed by atoms with Crippen molar-refractivity contribution in [2.75, 3.05) is 13.7 Å². The van der Waals surface area contributed by atoms with Crippen LogP contribution < -0.4 is 5.32 Å². The second kappa shape index (κ2) is 4.95. The van der Waals surface area contributed by atoms with Crippen LogP contribution in [0.25, 0.3) is 0 Å². The number of methoxy groups -OCH3 is 1. The maximum Gasteiger partial charge on any atom is 0.334 e. The Hall–Kier alpha value is -1.10. The van der Waals surface area contributed by atoms with E-state index in [4.69, 9.17) is 4.74 Å². The summed E-state index contributed by atoms with van der Waals surface area (Å²) in [5, 5.41) is 2.75. The van der Waals surface area contributed by atoms with Gasteiger partial charge in [0, 0.05) is 6.42 Å². The van der Waals surface area contributed by atoms with Crippen molar-refractivity contribution in [3.8, 4) is 0 Å². The summed E-state index contributed by atoms with van der Waals surface area (Å²) in [7, 11) is 1.32. The zero-order chi connectivity index (χ0) is 10.6. The topological polar surface area (TPSA) is 64.6 Å². The fourth-order valence-electron chi connectivity index (χ4n) is 1.30. The first-order valence-electron chi connectivity index (χ1n) is 4.62. The minimum atomic E-state index is -0.572. The average Bonchev–Trinajstić information content (AvgIpc) is 2.59. The number of rotatable bonds is 4. The Morgan fingerprint density at radius 2 is 2.43 bits per heavy atom. The third-order valence-corrected chi connectivity index (χ3v) is 2.17. The first kappa shape index (κ1) is 11.0. The van der Waals surface area contributed by atoms with E-state index in [0.717, 1.165) is 6.42 Å². The van der Waals surface area contributed by atoms with E-state index in [-0.39, 0.29) is 11.9 Å². The highest BCUT2D eigenvalue weighted by Gasteiger charge is 2.22. The molecule has 1 aliphatic heterocycles. The second-order valence-electron chi connectivity index (χ2n) is 3.30. The molecule has 0 bridgehead atoms. The molecule has 0 aliphatic carbocycles. The number of hydrogen-bond acceptors (Lipinski definition) is 4. The van der Waals surface area contributed by atoms with Crippen molar-refractivity contribution >= 4 is 11.9 Å². The molecule has 5 heteroatoms. The largest absolute Gasteiger partial charge is 0.467 e. The lowest BCUT2D eigenvalue weighted by Gasteiger charge is -2.14. The van der Waals surface area contributed by atoms with Crippen LogP contribution in [0.3, 0.4) is 0 Å². The van der Waals surface area contributed by atoms with Crippen molar-refractivity contribution in [3.05, 3.63) is 0 Å². The van der Waals surface area contributed by atoms with Gasteiger partial charge in [0.15, 0.2) is 6.10 Å². The predicted molar refractivity (Wildman–Crippen MR) is 48.6 cm³/mol. The van der Waals surface area contributed by atoms with Gasteiger partial charge in [-0.1, -0.05) is 0 Å². The molecule has 0 radical (unpaired) electrons. The molecule has 80 valence electrons. The fourth-order valence-corrected chi connectivity index (χ4v) is 1.30. The molecule has 1 amide bonds. The Morgan fingerprint density at radius 3 is 2.93 bits per heavy atom. The minimum absolute atomic E-state index is 0.0367. The van der Waals surface area contributed by atoms with E-state index in [1.807, 2.05) is 0 Å². The van der Waals surface area contributed by atoms with E-state index in [9.17, 15) is 9.59 Å². The summed E-state index contributed by atoms with van der Waals surface area (Å²) >= 11 is 0. The molecule has 1 fully saturated rings. The third kappa shape index (κ3) is 2.99. The van der Waals surface area contributed by atoms with Crippen LogP contribution in [0, 0.1) is 0 Å². The van der Waals surface area contributed by atoms with Crippen LogP contribution >= 0.6 is 0 Å². The van der Waals surface area contributed by atoms with Crippen molar-refractivity contribution in [3.63, 3.8) is 0 Å². The van der Waals surface area contributed by atoms with E-state index < -0.39 is 12.1 Å². The Labute approximate surface area is 82.8 Å². The molecule has 0 aromatic heterocycles. The van der Waals surface area contributed by atoms with Crippen molar-refractivity contribution < 1.29 is 19.1 Å². The van der Waals surface area contributed by atoms with E-state index in [1.54, 1.807) is 6.92 Å². The molecule has 1 N–H and O–H groups in total. The van der Waals surface area contributed by atoms with E-state index >= 15 is 0 Å². The van der Waals surface area contributed by atoms with Crippen LogP contribution in [-0.4, -0.2) is 37.7 Å². The number of ether oxygens (including phenoxy) is 2. The number of nitrogens with one attached hydrogen (secondary N) is 1. The Bertz CT molecular complexity index is 229. The summed E-state index contributed by atoms with van der Waals surface area (Å²) in [6.07, 6.45) is 0.741. The summed E-state index contributed by atoms with van der Waals surface area (Å²) < 4.78 is 9.73. The van der Waals surface area contributed by atoms with Crippen LogP contribution in [0.2, 0.25) is 0 Å². The second-order valence-corrected chi connectivity index (χ2v) is 3.30. The smallest absolute Gasteiger partial charge is 0.334 e. The lowest BCUT2D eigenvalue weighted by atomic mass is 10.2. The van der Waals surface area contributed by atoms with Gasteiger partial charge in [-0.2, -0.15) is 0 Å². The lowest BCUT2D eigenvalue weighted by Crippen LogP contribution is -2.33. The van der Waals surface area contributed by atoms with E-state index in [1.165, 1.54) is 7.11 Å². The zero-order valence-corrected chi connectivity index (χ0v) is 8.41. The molecule has 5 nitrogen and oxygen atoms in total. The quantitative estimate of drug-likeness (QED) is 0.642. The first-order chi connectivity index (χ1) is 6.63. The van der Waals surface area contributed by atoms with Gasteiger partial charge in [-0.3, -0.25) is 4.79 Å². The monoisotopic (exact) mass is 201 g/mol. The summed E-state index contributed by atoms with van der Waals surface area (Å²) in [5.74, 6) is -0.348. The van der Waals surface area contributed by atoms with Crippen LogP contribution in [-0.2, 0) is 19.1 Å². The van der Waals surface area contributed by atoms with Gasteiger partial charge in [-0.15, -0.1) is 0 Å². The van der Waals surface area contributed by atoms with Gasteiger partial charge < -0.3 is 14.8 Å². The minimum Gasteiger partial charge on any atom is -0.467 e. The lowest BCUT2D eigenvalue weighted by molar-refractivity contribution is -0.153. The Balaban J connectivity index is 2.20. The standard InChI is InChI=1S/C9H15NO4/c1-6(9(12)13-2)14-5-7-3-4-8(11)10-7/h6-7H,3-5H2,1-2H3,(H,10,11)/t6-,7?/m0/s1. The first-order valence-corrected chi connectivity index (χ1v) is 4.62. The van der Waals surface area contributed by atoms with Crippen LogP contribution in [0.4, 0.5) is 0 Å². The van der Waals surface area contributed by atoms with Crippen LogP contribution in [0.5, 0.6) is 0 Å². The summed E-state index contributed by atoms with van der Waals surface area (Å²) in [4.78, 5) is 21.8. The molecule has 0 spiro atoms. The van der Waals surface area contributed by atoms with Crippen LogP contribution in [0.1, 0.15) is 19.8 Å². The molecule has 1 unspecified atom stereocenters. The highest BCUT2D eigenvalue weighted by atomic mass is 16.6. The maximum absolute atomic E-state index is 10.9. The molecule has 0 aromatic rings. The van der Waals surface area contributed by atoms with Gasteiger partial charge in [0.05, 0.1) is 19.8 Å². The molecule has 0 saturated carbocycles. The van der Waals surface area contributed by atoms with Crippen LogP contribution in [0.15, 0.2) is 0 Å². The molecular formula is C9H15NO4. The average molecular weight is 201 g/mol. The van der Waals surface area contributed by atoms with Crippen molar-refractivity contribution in [1.82, 2.24) is 5.32 Å². The number of amides is 1. The molecule has 1 aliphatic rings. The third-order valence-electron chi connectivity index (χ3n) is 2.17. The van der Waals surface area contributed by atoms with Crippen molar-refractivity contribution in [2.24, 2.45) is 0 Å². The molecule has 0 aromatic carbocycles. The number of carbonyl (C=O) groups excluding carboxylic acids is 2. The normalized spacial score (nSPS) is 23.0. The molecule has 2 atom stereocenters. The van der Waals surface area contributed by atoms with Gasteiger partial charge in [0.1, 0.15) is 0 Å². The maximum atomic E-state index is 10.9. The zero-order valence-electron chi connectivity index (χ0n) is 8.41. The van der Waals surface area contributed by atoms with Crippen molar-refractivity contribution in [2.45, 2.75) is 31.9 Å². The van der Waals surface area contributed by atoms with Gasteiger partial charge in [-0.05, 0) is 13.3 Å².